The number of anilines is 2. The Labute approximate surface area is 183 Å². The van der Waals surface area contributed by atoms with Crippen molar-refractivity contribution >= 4 is 35.0 Å². The molecule has 0 unspecified atom stereocenters. The molecule has 1 N–H and O–H groups in total. The molecule has 6 nitrogen and oxygen atoms in total. The van der Waals surface area contributed by atoms with Gasteiger partial charge < -0.3 is 10.2 Å². The summed E-state index contributed by atoms with van der Waals surface area (Å²) in [5.74, 6) is 0.130. The van der Waals surface area contributed by atoms with Crippen LogP contribution in [0.2, 0.25) is 0 Å². The molecule has 0 radical (unpaired) electrons. The number of benzene rings is 1. The van der Waals surface area contributed by atoms with Gasteiger partial charge in [-0.3, -0.25) is 14.5 Å². The number of carbonyl (C=O) groups is 2. The van der Waals surface area contributed by atoms with Crippen molar-refractivity contribution in [2.24, 2.45) is 0 Å². The van der Waals surface area contributed by atoms with Gasteiger partial charge in [0.1, 0.15) is 11.6 Å². The highest BCUT2D eigenvalue weighted by Crippen LogP contribution is 2.36. The molecular weight excluding hydrogens is 396 g/mol. The quantitative estimate of drug-likeness (QED) is 0.655. The SMILES string of the molecule is CCN(CCCNC(=O)CN1C(=O)CSc2nc(C)cc(C)c21)c1cccc(C)c1. The van der Waals surface area contributed by atoms with E-state index in [1.807, 2.05) is 19.9 Å². The molecule has 0 fully saturated rings. The van der Waals surface area contributed by atoms with Gasteiger partial charge >= 0.3 is 0 Å². The van der Waals surface area contributed by atoms with Gasteiger partial charge in [-0.05, 0) is 63.4 Å². The molecule has 2 heterocycles. The van der Waals surface area contributed by atoms with Crippen LogP contribution in [0.4, 0.5) is 11.4 Å². The van der Waals surface area contributed by atoms with Crippen LogP contribution < -0.4 is 15.1 Å². The van der Waals surface area contributed by atoms with Crippen LogP contribution in [0.25, 0.3) is 0 Å². The first-order valence-corrected chi connectivity index (χ1v) is 11.4. The van der Waals surface area contributed by atoms with E-state index < -0.39 is 0 Å². The molecule has 2 aromatic rings. The second kappa shape index (κ2) is 9.98. The van der Waals surface area contributed by atoms with Gasteiger partial charge in [-0.15, -0.1) is 0 Å². The molecule has 7 heteroatoms. The maximum absolute atomic E-state index is 12.5. The highest BCUT2D eigenvalue weighted by molar-refractivity contribution is 8.00. The van der Waals surface area contributed by atoms with Gasteiger partial charge in [0.15, 0.2) is 0 Å². The van der Waals surface area contributed by atoms with Crippen molar-refractivity contribution in [1.29, 1.82) is 0 Å². The average Bonchev–Trinajstić information content (AvgIpc) is 2.70. The van der Waals surface area contributed by atoms with Crippen molar-refractivity contribution in [3.8, 4) is 0 Å². The van der Waals surface area contributed by atoms with E-state index in [4.69, 9.17) is 0 Å². The van der Waals surface area contributed by atoms with Gasteiger partial charge in [0, 0.05) is 31.0 Å². The predicted molar refractivity (Wildman–Crippen MR) is 123 cm³/mol. The smallest absolute Gasteiger partial charge is 0.240 e. The van der Waals surface area contributed by atoms with E-state index in [1.54, 1.807) is 4.90 Å². The average molecular weight is 427 g/mol. The predicted octanol–water partition coefficient (Wildman–Crippen LogP) is 3.48. The van der Waals surface area contributed by atoms with Crippen molar-refractivity contribution < 1.29 is 9.59 Å². The third-order valence-corrected chi connectivity index (χ3v) is 6.11. The van der Waals surface area contributed by atoms with Crippen molar-refractivity contribution in [2.45, 2.75) is 39.1 Å². The van der Waals surface area contributed by atoms with Crippen LogP contribution in [0, 0.1) is 20.8 Å². The van der Waals surface area contributed by atoms with Gasteiger partial charge in [0.05, 0.1) is 11.4 Å². The maximum atomic E-state index is 12.5. The number of rotatable bonds is 8. The van der Waals surface area contributed by atoms with Crippen molar-refractivity contribution in [3.63, 3.8) is 0 Å². The summed E-state index contributed by atoms with van der Waals surface area (Å²) in [7, 11) is 0. The summed E-state index contributed by atoms with van der Waals surface area (Å²) in [5.41, 5.74) is 5.11. The summed E-state index contributed by atoms with van der Waals surface area (Å²) < 4.78 is 0. The third kappa shape index (κ3) is 5.33. The van der Waals surface area contributed by atoms with E-state index in [2.05, 4.69) is 53.3 Å². The fourth-order valence-corrected chi connectivity index (χ4v) is 4.75. The Morgan fingerprint density at radius 3 is 2.80 bits per heavy atom. The topological polar surface area (TPSA) is 65.5 Å². The zero-order valence-electron chi connectivity index (χ0n) is 18.2. The molecule has 0 spiro atoms. The lowest BCUT2D eigenvalue weighted by Crippen LogP contribution is -2.44. The Kier molecular flexibility index (Phi) is 7.37. The van der Waals surface area contributed by atoms with Crippen LogP contribution in [0.5, 0.6) is 0 Å². The minimum atomic E-state index is -0.139. The lowest BCUT2D eigenvalue weighted by Gasteiger charge is -2.29. The summed E-state index contributed by atoms with van der Waals surface area (Å²) in [6.45, 7) is 10.5. The molecule has 0 aliphatic carbocycles. The minimum Gasteiger partial charge on any atom is -0.372 e. The molecule has 0 saturated carbocycles. The van der Waals surface area contributed by atoms with Gasteiger partial charge in [-0.2, -0.15) is 0 Å². The number of aryl methyl sites for hydroxylation is 3. The van der Waals surface area contributed by atoms with E-state index in [0.717, 1.165) is 41.5 Å². The zero-order chi connectivity index (χ0) is 21.7. The number of amides is 2. The zero-order valence-corrected chi connectivity index (χ0v) is 19.0. The molecule has 30 heavy (non-hydrogen) atoms. The fourth-order valence-electron chi connectivity index (χ4n) is 3.72. The van der Waals surface area contributed by atoms with Gasteiger partial charge in [0.25, 0.3) is 0 Å². The first-order valence-electron chi connectivity index (χ1n) is 10.4. The first-order chi connectivity index (χ1) is 14.4. The van der Waals surface area contributed by atoms with Gasteiger partial charge in [0.2, 0.25) is 11.8 Å². The number of nitrogens with one attached hydrogen (secondary N) is 1. The number of nitrogens with zero attached hydrogens (tertiary/aromatic N) is 3. The number of thioether (sulfide) groups is 1. The second-order valence-corrected chi connectivity index (χ2v) is 8.59. The van der Waals surface area contributed by atoms with E-state index in [0.29, 0.717) is 12.3 Å². The molecule has 1 aromatic carbocycles. The number of carbonyl (C=O) groups excluding carboxylic acids is 2. The Balaban J connectivity index is 1.53. The molecular formula is C23H30N4O2S. The van der Waals surface area contributed by atoms with Crippen molar-refractivity contribution in [3.05, 3.63) is 47.2 Å². The highest BCUT2D eigenvalue weighted by Gasteiger charge is 2.29. The van der Waals surface area contributed by atoms with E-state index >= 15 is 0 Å². The van der Waals surface area contributed by atoms with Crippen LogP contribution in [-0.4, -0.2) is 48.7 Å². The van der Waals surface area contributed by atoms with Crippen LogP contribution >= 0.6 is 11.8 Å². The van der Waals surface area contributed by atoms with Crippen molar-refractivity contribution in [1.82, 2.24) is 10.3 Å². The maximum Gasteiger partial charge on any atom is 0.240 e. The standard InChI is InChI=1S/C23H30N4O2S/c1-5-26(19-9-6-8-16(2)12-19)11-7-10-24-20(28)14-27-21(29)15-30-23-22(27)17(3)13-18(4)25-23/h6,8-9,12-13H,5,7,10-11,14-15H2,1-4H3,(H,24,28). The monoisotopic (exact) mass is 426 g/mol. The number of hydrogen-bond donors (Lipinski definition) is 1. The summed E-state index contributed by atoms with van der Waals surface area (Å²) in [5, 5.41) is 3.80. The highest BCUT2D eigenvalue weighted by atomic mass is 32.2. The van der Waals surface area contributed by atoms with Crippen LogP contribution in [0.1, 0.15) is 30.2 Å². The lowest BCUT2D eigenvalue weighted by atomic mass is 10.2. The first kappa shape index (κ1) is 22.2. The molecule has 2 amide bonds. The largest absolute Gasteiger partial charge is 0.372 e. The van der Waals surface area contributed by atoms with E-state index in [9.17, 15) is 9.59 Å². The number of pyridine rings is 1. The second-order valence-electron chi connectivity index (χ2n) is 7.63. The normalized spacial score (nSPS) is 13.2. The molecule has 0 bridgehead atoms. The van der Waals surface area contributed by atoms with Crippen LogP contribution in [0.3, 0.4) is 0 Å². The Hall–Kier alpha value is -2.54. The summed E-state index contributed by atoms with van der Waals surface area (Å²) >= 11 is 1.44. The summed E-state index contributed by atoms with van der Waals surface area (Å²) in [6.07, 6.45) is 0.841. The Bertz CT molecular complexity index is 931. The fraction of sp³-hybridized carbons (Fsp3) is 0.435. The van der Waals surface area contributed by atoms with Crippen molar-refractivity contribution in [2.75, 3.05) is 41.7 Å². The molecule has 1 aliphatic heterocycles. The molecule has 1 aliphatic rings. The molecule has 0 atom stereocenters. The number of aromatic nitrogens is 1. The third-order valence-electron chi connectivity index (χ3n) is 5.16. The number of fused-ring (bicyclic) bond motifs is 1. The summed E-state index contributed by atoms with van der Waals surface area (Å²) in [6, 6.07) is 10.4. The van der Waals surface area contributed by atoms with Gasteiger partial charge in [-0.1, -0.05) is 23.9 Å². The van der Waals surface area contributed by atoms with E-state index in [1.165, 1.54) is 23.0 Å². The molecule has 160 valence electrons. The summed E-state index contributed by atoms with van der Waals surface area (Å²) in [4.78, 5) is 33.4. The Morgan fingerprint density at radius 2 is 2.07 bits per heavy atom. The van der Waals surface area contributed by atoms with E-state index in [-0.39, 0.29) is 18.4 Å². The number of hydrogen-bond acceptors (Lipinski definition) is 5. The van der Waals surface area contributed by atoms with Gasteiger partial charge in [-0.25, -0.2) is 4.98 Å². The minimum absolute atomic E-state index is 0.0351. The molecule has 0 saturated heterocycles. The van der Waals surface area contributed by atoms with Crippen LogP contribution in [-0.2, 0) is 9.59 Å². The molecule has 1 aromatic heterocycles. The Morgan fingerprint density at radius 1 is 1.27 bits per heavy atom. The lowest BCUT2D eigenvalue weighted by molar-refractivity contribution is -0.123. The molecule has 3 rings (SSSR count). The van der Waals surface area contributed by atoms with Crippen LogP contribution in [0.15, 0.2) is 35.4 Å².